The topological polar surface area (TPSA) is 81.5 Å². The first-order valence-corrected chi connectivity index (χ1v) is 10.5. The largest absolute Gasteiger partial charge is 0.493 e. The number of rotatable bonds is 4. The van der Waals surface area contributed by atoms with E-state index in [1.165, 1.54) is 4.57 Å². The van der Waals surface area contributed by atoms with Crippen molar-refractivity contribution in [1.82, 2.24) is 9.13 Å². The van der Waals surface area contributed by atoms with Crippen LogP contribution in [0.25, 0.3) is 11.3 Å². The van der Waals surface area contributed by atoms with Crippen LogP contribution < -0.4 is 20.7 Å². The van der Waals surface area contributed by atoms with Gasteiger partial charge in [-0.15, -0.1) is 0 Å². The number of nitrogens with zero attached hydrogens (tertiary/aromatic N) is 4. The molecule has 0 bridgehead atoms. The zero-order valence-corrected chi connectivity index (χ0v) is 19.0. The first-order chi connectivity index (χ1) is 15.4. The molecular weight excluding hydrogens is 404 g/mol. The van der Waals surface area contributed by atoms with E-state index < -0.39 is 0 Å². The zero-order chi connectivity index (χ0) is 23.0. The maximum Gasteiger partial charge on any atom is 0.331 e. The lowest BCUT2D eigenvalue weighted by molar-refractivity contribution is 0.354. The molecule has 1 aliphatic rings. The molecule has 7 heteroatoms. The SMILES string of the molecule is COc1cc2c(cc1OC)-c1c/c(=N\c3c(C)cc(C)cc3C)n(CC#N)c(=O)n1CC2. The van der Waals surface area contributed by atoms with Gasteiger partial charge < -0.3 is 9.47 Å². The van der Waals surface area contributed by atoms with Gasteiger partial charge in [-0.25, -0.2) is 9.79 Å². The van der Waals surface area contributed by atoms with Gasteiger partial charge in [0.1, 0.15) is 12.0 Å². The molecule has 0 unspecified atom stereocenters. The van der Waals surface area contributed by atoms with E-state index in [0.29, 0.717) is 30.0 Å². The number of ether oxygens (including phenoxy) is 2. The Bertz CT molecular complexity index is 1370. The van der Waals surface area contributed by atoms with E-state index in [1.54, 1.807) is 18.8 Å². The molecule has 164 valence electrons. The fourth-order valence-corrected chi connectivity index (χ4v) is 4.44. The Balaban J connectivity index is 2.04. The predicted molar refractivity (Wildman–Crippen MR) is 122 cm³/mol. The highest BCUT2D eigenvalue weighted by Gasteiger charge is 2.22. The molecule has 1 aromatic heterocycles. The van der Waals surface area contributed by atoms with E-state index in [1.807, 2.05) is 39.0 Å². The van der Waals surface area contributed by atoms with Crippen LogP contribution in [0.5, 0.6) is 11.5 Å². The van der Waals surface area contributed by atoms with E-state index in [-0.39, 0.29) is 12.2 Å². The zero-order valence-electron chi connectivity index (χ0n) is 19.0. The number of fused-ring (bicyclic) bond motifs is 3. The lowest BCUT2D eigenvalue weighted by atomic mass is 9.97. The molecule has 1 aliphatic heterocycles. The van der Waals surface area contributed by atoms with Gasteiger partial charge in [0.15, 0.2) is 11.5 Å². The van der Waals surface area contributed by atoms with Crippen molar-refractivity contribution in [2.24, 2.45) is 4.99 Å². The molecule has 0 spiro atoms. The molecule has 0 radical (unpaired) electrons. The van der Waals surface area contributed by atoms with E-state index in [4.69, 9.17) is 14.5 Å². The van der Waals surface area contributed by atoms with Crippen LogP contribution >= 0.6 is 0 Å². The van der Waals surface area contributed by atoms with Crippen molar-refractivity contribution in [3.63, 3.8) is 0 Å². The molecule has 32 heavy (non-hydrogen) atoms. The van der Waals surface area contributed by atoms with Crippen LogP contribution in [0.3, 0.4) is 0 Å². The predicted octanol–water partition coefficient (Wildman–Crippen LogP) is 3.57. The van der Waals surface area contributed by atoms with Gasteiger partial charge in [0.25, 0.3) is 0 Å². The maximum atomic E-state index is 13.4. The molecule has 0 amide bonds. The quantitative estimate of drug-likeness (QED) is 0.634. The van der Waals surface area contributed by atoms with Gasteiger partial charge in [0, 0.05) is 18.2 Å². The van der Waals surface area contributed by atoms with Crippen molar-refractivity contribution in [3.8, 4) is 28.8 Å². The fraction of sp³-hybridized carbons (Fsp3) is 0.320. The molecular formula is C25H26N4O3. The monoisotopic (exact) mass is 430 g/mol. The molecule has 4 rings (SSSR count). The molecule has 0 N–H and O–H groups in total. The number of nitriles is 1. The smallest absolute Gasteiger partial charge is 0.331 e. The third kappa shape index (κ3) is 3.58. The molecule has 2 aromatic carbocycles. The van der Waals surface area contributed by atoms with Gasteiger partial charge >= 0.3 is 5.69 Å². The van der Waals surface area contributed by atoms with Gasteiger partial charge in [0.05, 0.1) is 31.7 Å². The minimum Gasteiger partial charge on any atom is -0.493 e. The Kier molecular flexibility index (Phi) is 5.62. The molecule has 2 heterocycles. The number of benzene rings is 2. The lowest BCUT2D eigenvalue weighted by Gasteiger charge is -2.24. The van der Waals surface area contributed by atoms with Gasteiger partial charge in [-0.05, 0) is 56.0 Å². The summed E-state index contributed by atoms with van der Waals surface area (Å²) in [7, 11) is 3.20. The first-order valence-electron chi connectivity index (χ1n) is 10.5. The number of aryl methyl sites for hydroxylation is 4. The molecule has 3 aromatic rings. The number of methoxy groups -OCH3 is 2. The summed E-state index contributed by atoms with van der Waals surface area (Å²) in [6, 6.07) is 12.0. The average molecular weight is 431 g/mol. The van der Waals surface area contributed by atoms with Crippen LogP contribution in [0.2, 0.25) is 0 Å². The summed E-state index contributed by atoms with van der Waals surface area (Å²) >= 11 is 0. The Morgan fingerprint density at radius 1 is 1.03 bits per heavy atom. The van der Waals surface area contributed by atoms with Crippen molar-refractivity contribution in [2.75, 3.05) is 14.2 Å². The Morgan fingerprint density at radius 3 is 2.31 bits per heavy atom. The molecule has 0 saturated heterocycles. The van der Waals surface area contributed by atoms with E-state index in [2.05, 4.69) is 18.2 Å². The second kappa shape index (κ2) is 8.39. The van der Waals surface area contributed by atoms with E-state index in [0.717, 1.165) is 39.2 Å². The van der Waals surface area contributed by atoms with Gasteiger partial charge in [-0.3, -0.25) is 9.13 Å². The summed E-state index contributed by atoms with van der Waals surface area (Å²) in [5.74, 6) is 1.26. The minimum atomic E-state index is -0.245. The van der Waals surface area contributed by atoms with Gasteiger partial charge in [0.2, 0.25) is 0 Å². The van der Waals surface area contributed by atoms with Gasteiger partial charge in [-0.2, -0.15) is 5.26 Å². The Morgan fingerprint density at radius 2 is 1.69 bits per heavy atom. The van der Waals surface area contributed by atoms with Crippen LogP contribution in [0.15, 0.2) is 40.1 Å². The van der Waals surface area contributed by atoms with Crippen LogP contribution in [0.1, 0.15) is 22.3 Å². The minimum absolute atomic E-state index is 0.0688. The highest BCUT2D eigenvalue weighted by atomic mass is 16.5. The van der Waals surface area contributed by atoms with E-state index >= 15 is 0 Å². The third-order valence-corrected chi connectivity index (χ3v) is 5.88. The summed E-state index contributed by atoms with van der Waals surface area (Å²) in [5, 5.41) is 9.38. The van der Waals surface area contributed by atoms with E-state index in [9.17, 15) is 10.1 Å². The van der Waals surface area contributed by atoms with Crippen LogP contribution in [0, 0.1) is 32.1 Å². The summed E-state index contributed by atoms with van der Waals surface area (Å²) in [4.78, 5) is 18.2. The Hall–Kier alpha value is -3.79. The van der Waals surface area contributed by atoms with Crippen LogP contribution in [-0.2, 0) is 19.5 Å². The highest BCUT2D eigenvalue weighted by molar-refractivity contribution is 5.70. The molecule has 0 aliphatic carbocycles. The molecule has 0 fully saturated rings. The summed E-state index contributed by atoms with van der Waals surface area (Å²) in [6.45, 7) is 6.51. The van der Waals surface area contributed by atoms with Crippen molar-refractivity contribution >= 4 is 5.69 Å². The van der Waals surface area contributed by atoms with Crippen LogP contribution in [-0.4, -0.2) is 23.4 Å². The number of aromatic nitrogens is 2. The maximum absolute atomic E-state index is 13.4. The first kappa shape index (κ1) is 21.4. The summed E-state index contributed by atoms with van der Waals surface area (Å²) in [6.07, 6.45) is 0.682. The average Bonchev–Trinajstić information content (AvgIpc) is 2.77. The molecule has 0 atom stereocenters. The summed E-state index contributed by atoms with van der Waals surface area (Å²) < 4.78 is 14.1. The standard InChI is InChI=1S/C25H26N4O3/c1-15-10-16(2)24(17(3)11-15)27-23-14-20-19-13-22(32-5)21(31-4)12-18(19)6-8-28(20)25(30)29(23)9-7-26/h10-14H,6,8-9H2,1-5H3/b27-23+. The third-order valence-electron chi connectivity index (χ3n) is 5.88. The van der Waals surface area contributed by atoms with Crippen molar-refractivity contribution in [2.45, 2.75) is 40.3 Å². The number of hydrogen-bond donors (Lipinski definition) is 0. The molecule has 7 nitrogen and oxygen atoms in total. The fourth-order valence-electron chi connectivity index (χ4n) is 4.44. The van der Waals surface area contributed by atoms with Crippen molar-refractivity contribution < 1.29 is 9.47 Å². The lowest BCUT2D eigenvalue weighted by Crippen LogP contribution is -2.42. The van der Waals surface area contributed by atoms with Gasteiger partial charge in [-0.1, -0.05) is 17.7 Å². The Labute approximate surface area is 186 Å². The van der Waals surface area contributed by atoms with Crippen molar-refractivity contribution in [1.29, 1.82) is 5.26 Å². The van der Waals surface area contributed by atoms with Crippen molar-refractivity contribution in [3.05, 3.63) is 68.6 Å². The van der Waals surface area contributed by atoms with Crippen LogP contribution in [0.4, 0.5) is 5.69 Å². The number of hydrogen-bond acceptors (Lipinski definition) is 5. The summed E-state index contributed by atoms with van der Waals surface area (Å²) in [5.41, 5.74) is 6.97. The molecule has 0 saturated carbocycles. The normalized spacial score (nSPS) is 12.7. The second-order valence-corrected chi connectivity index (χ2v) is 8.04. The second-order valence-electron chi connectivity index (χ2n) is 8.04. The highest BCUT2D eigenvalue weighted by Crippen LogP contribution is 2.37.